The molecule has 10 heteroatoms. The van der Waals surface area contributed by atoms with Crippen molar-refractivity contribution in [2.24, 2.45) is 23.7 Å². The van der Waals surface area contributed by atoms with Crippen LogP contribution in [0.5, 0.6) is 0 Å². The molecular weight excluding hydrogens is 771 g/mol. The average Bonchev–Trinajstić information content (AvgIpc) is 2.57. The maximum atomic E-state index is 2.83. The Hall–Kier alpha value is 4.27. The Kier molecular flexibility index (Phi) is 9.57. The van der Waals surface area contributed by atoms with Crippen LogP contribution < -0.4 is 0 Å². The Morgan fingerprint density at radius 2 is 0.441 bits per heavy atom. The van der Waals surface area contributed by atoms with Crippen LogP contribution in [-0.4, -0.2) is 39.4 Å². The van der Waals surface area contributed by atoms with Crippen LogP contribution in [0.15, 0.2) is 0 Å². The summed E-state index contributed by atoms with van der Waals surface area (Å²) in [6.07, 6.45) is 0. The van der Waals surface area contributed by atoms with Crippen LogP contribution in [0.1, 0.15) is 111 Å². The van der Waals surface area contributed by atoms with Gasteiger partial charge in [-0.1, -0.05) is 0 Å². The van der Waals surface area contributed by atoms with Crippen molar-refractivity contribution in [1.82, 2.24) is 0 Å². The normalized spacial score (nSPS) is 37.1. The Labute approximate surface area is 237 Å². The molecule has 0 atom stereocenters. The molecule has 6 saturated heterocycles. The summed E-state index contributed by atoms with van der Waals surface area (Å²) < 4.78 is 2.13. The first kappa shape index (κ1) is 32.8. The Morgan fingerprint density at radius 3 is 0.529 bits per heavy atom. The molecule has 0 aliphatic carbocycles. The summed E-state index contributed by atoms with van der Waals surface area (Å²) in [4.78, 5) is 0. The van der Waals surface area contributed by atoms with Gasteiger partial charge in [0.2, 0.25) is 0 Å². The molecule has 6 heterocycles. The van der Waals surface area contributed by atoms with E-state index in [4.69, 9.17) is 0 Å². The zero-order chi connectivity index (χ0) is 26.6. The van der Waals surface area contributed by atoms with Crippen molar-refractivity contribution in [3.63, 3.8) is 0 Å². The Bertz CT molecular complexity index is 667. The van der Waals surface area contributed by atoms with Gasteiger partial charge in [-0.25, -0.2) is 0 Å². The summed E-state index contributed by atoms with van der Waals surface area (Å²) in [7, 11) is 7.94. The molecule has 0 spiro atoms. The van der Waals surface area contributed by atoms with E-state index in [1.165, 1.54) is 0 Å². The average molecular weight is 824 g/mol. The summed E-state index contributed by atoms with van der Waals surface area (Å²) in [6, 6.07) is 0. The van der Waals surface area contributed by atoms with E-state index < -0.39 is 39.4 Å². The van der Waals surface area contributed by atoms with E-state index in [2.05, 4.69) is 161 Å². The van der Waals surface area contributed by atoms with Gasteiger partial charge in [-0.05, 0) is 0 Å². The number of hydrogen-bond acceptors (Lipinski definition) is 6. The van der Waals surface area contributed by atoms with Gasteiger partial charge in [0.1, 0.15) is 0 Å². The van der Waals surface area contributed by atoms with Gasteiger partial charge >= 0.3 is 241 Å². The van der Waals surface area contributed by atoms with Crippen molar-refractivity contribution in [2.45, 2.75) is 128 Å². The van der Waals surface area contributed by atoms with E-state index in [0.717, 1.165) is 23.7 Å². The minimum atomic E-state index is -2.26. The molecule has 6 aliphatic rings. The third-order valence-electron chi connectivity index (χ3n) is 10.5. The predicted molar refractivity (Wildman–Crippen MR) is 184 cm³/mol. The predicted octanol–water partition coefficient (Wildman–Crippen LogP) is 11.9. The SMILES string of the molecule is CC(C)[C](C)(C)[Ge]12[S][Ge]([C](C)(C)C(C)C)([S]1)[S][Ge]1([C](C)(C)C(C)C)[S][Ge]([C](C)(C)C(C)C)([S]1)[S]2. The van der Waals surface area contributed by atoms with E-state index in [1.54, 1.807) is 0 Å². The first-order chi connectivity index (χ1) is 15.0. The minimum absolute atomic E-state index is 0.533. The quantitative estimate of drug-likeness (QED) is 0.222. The third kappa shape index (κ3) is 4.49. The molecule has 6 aliphatic heterocycles. The first-order valence-corrected chi connectivity index (χ1v) is 53.2. The van der Waals surface area contributed by atoms with E-state index >= 15 is 0 Å². The van der Waals surface area contributed by atoms with Gasteiger partial charge in [0.05, 0.1) is 0 Å². The molecular formula is C24H52Ge4S6. The molecule has 0 amide bonds. The summed E-state index contributed by atoms with van der Waals surface area (Å²) >= 11 is 0. The summed E-state index contributed by atoms with van der Waals surface area (Å²) in [6.45, 7) is 42.1. The van der Waals surface area contributed by atoms with Crippen LogP contribution in [0.25, 0.3) is 0 Å². The van der Waals surface area contributed by atoms with E-state index in [9.17, 15) is 0 Å². The van der Waals surface area contributed by atoms with Gasteiger partial charge in [-0.15, -0.1) is 0 Å². The molecule has 4 bridgehead atoms. The van der Waals surface area contributed by atoms with E-state index in [1.807, 2.05) is 0 Å². The van der Waals surface area contributed by atoms with E-state index in [-0.39, 0.29) is 0 Å². The molecule has 6 fully saturated rings. The van der Waals surface area contributed by atoms with Crippen molar-refractivity contribution in [2.75, 3.05) is 0 Å². The molecule has 0 aromatic rings. The summed E-state index contributed by atoms with van der Waals surface area (Å²) in [5.41, 5.74) is 0. The molecule has 0 N–H and O–H groups in total. The monoisotopic (exact) mass is 828 g/mol. The van der Waals surface area contributed by atoms with Gasteiger partial charge in [-0.2, -0.15) is 0 Å². The van der Waals surface area contributed by atoms with Crippen LogP contribution in [0.3, 0.4) is 0 Å². The zero-order valence-electron chi connectivity index (χ0n) is 24.8. The molecule has 0 saturated carbocycles. The van der Waals surface area contributed by atoms with Crippen LogP contribution in [0.4, 0.5) is 0 Å². The van der Waals surface area contributed by atoms with Crippen LogP contribution >= 0.6 is 50.5 Å². The molecule has 200 valence electrons. The van der Waals surface area contributed by atoms with Gasteiger partial charge in [0.15, 0.2) is 0 Å². The fourth-order valence-corrected chi connectivity index (χ4v) is 762. The molecule has 0 radical (unpaired) electrons. The first-order valence-electron chi connectivity index (χ1n) is 13.2. The number of hydrogen-bond donors (Lipinski definition) is 0. The van der Waals surface area contributed by atoms with Crippen molar-refractivity contribution in [1.29, 1.82) is 0 Å². The van der Waals surface area contributed by atoms with Crippen molar-refractivity contribution >= 4 is 89.8 Å². The second-order valence-corrected chi connectivity index (χ2v) is 138. The summed E-state index contributed by atoms with van der Waals surface area (Å²) in [5.74, 6) is 3.17. The fraction of sp³-hybridized carbons (Fsp3) is 1.00. The third-order valence-corrected chi connectivity index (χ3v) is 352. The van der Waals surface area contributed by atoms with Gasteiger partial charge < -0.3 is 0 Å². The van der Waals surface area contributed by atoms with Crippen LogP contribution in [-0.2, 0) is 0 Å². The van der Waals surface area contributed by atoms with Crippen LogP contribution in [0.2, 0.25) is 17.0 Å². The molecule has 0 aromatic heterocycles. The second kappa shape index (κ2) is 9.93. The maximum absolute atomic E-state index is 2.83. The molecule has 0 unspecified atom stereocenters. The summed E-state index contributed by atoms with van der Waals surface area (Å²) in [5, 5.41) is 0. The molecule has 0 nitrogen and oxygen atoms in total. The van der Waals surface area contributed by atoms with Gasteiger partial charge in [-0.3, -0.25) is 0 Å². The van der Waals surface area contributed by atoms with E-state index in [0.29, 0.717) is 17.0 Å². The van der Waals surface area contributed by atoms with Crippen molar-refractivity contribution < 1.29 is 0 Å². The number of rotatable bonds is 8. The molecule has 0 aromatic carbocycles. The molecule has 6 rings (SSSR count). The van der Waals surface area contributed by atoms with Crippen molar-refractivity contribution in [3.8, 4) is 0 Å². The fourth-order valence-electron chi connectivity index (χ4n) is 4.24. The van der Waals surface area contributed by atoms with Crippen molar-refractivity contribution in [3.05, 3.63) is 0 Å². The van der Waals surface area contributed by atoms with Gasteiger partial charge in [0.25, 0.3) is 0 Å². The topological polar surface area (TPSA) is 0 Å². The van der Waals surface area contributed by atoms with Crippen LogP contribution in [0, 0.1) is 23.7 Å². The Morgan fingerprint density at radius 1 is 0.324 bits per heavy atom. The second-order valence-electron chi connectivity index (χ2n) is 14.3. The Balaban J connectivity index is 2.25. The standard InChI is InChI=1S/C24H52Ge4S6/c1-17(2)21(9,10)25-29-26(30-25,22(11,12)18(3)4)34-28(24(15,16)20(7)8)31-27(32-28,33-25)23(13,14)19(5)6/h17-20H,1-16H3. The zero-order valence-corrected chi connectivity index (χ0v) is 38.1. The van der Waals surface area contributed by atoms with Gasteiger partial charge in [0, 0.05) is 0 Å². The molecule has 34 heavy (non-hydrogen) atoms.